The van der Waals surface area contributed by atoms with Gasteiger partial charge in [-0.25, -0.2) is 0 Å². The van der Waals surface area contributed by atoms with E-state index >= 15 is 0 Å². The summed E-state index contributed by atoms with van der Waals surface area (Å²) in [6.45, 7) is 2.16. The topological polar surface area (TPSA) is 37.3 Å². The van der Waals surface area contributed by atoms with Gasteiger partial charge in [0.05, 0.1) is 0 Å². The summed E-state index contributed by atoms with van der Waals surface area (Å²) in [5, 5.41) is 8.58. The van der Waals surface area contributed by atoms with Crippen molar-refractivity contribution in [2.45, 2.75) is 96.8 Å². The van der Waals surface area contributed by atoms with E-state index in [0.29, 0.717) is 0 Å². The molecule has 0 aliphatic carbocycles. The molecule has 0 spiro atoms. The van der Waals surface area contributed by atoms with E-state index in [-0.39, 0.29) is 6.42 Å². The molecule has 0 aliphatic rings. The van der Waals surface area contributed by atoms with Gasteiger partial charge in [0.2, 0.25) is 0 Å². The second-order valence-electron chi connectivity index (χ2n) is 8.88. The van der Waals surface area contributed by atoms with Crippen LogP contribution in [0.1, 0.15) is 96.8 Å². The summed E-state index contributed by atoms with van der Waals surface area (Å²) in [6, 6.07) is 0. The van der Waals surface area contributed by atoms with Crippen molar-refractivity contribution in [3.8, 4) is 0 Å². The van der Waals surface area contributed by atoms with Crippen molar-refractivity contribution in [3.63, 3.8) is 0 Å². The maximum Gasteiger partial charge on any atom is 0.303 e. The Balaban J connectivity index is 3.58. The minimum absolute atomic E-state index is 0.276. The zero-order valence-corrected chi connectivity index (χ0v) is 23.8. The predicted octanol–water partition coefficient (Wildman–Crippen LogP) is 11.1. The monoisotopic (exact) mass is 516 g/mol. The molecule has 0 atom stereocenters. The molecule has 0 bridgehead atoms. The van der Waals surface area contributed by atoms with Gasteiger partial charge >= 0.3 is 5.97 Å². The van der Waals surface area contributed by atoms with Crippen molar-refractivity contribution in [1.29, 1.82) is 0 Å². The minimum Gasteiger partial charge on any atom is -0.481 e. The van der Waals surface area contributed by atoms with E-state index in [1.807, 2.05) is 0 Å². The van der Waals surface area contributed by atoms with Gasteiger partial charge < -0.3 is 5.11 Å². The summed E-state index contributed by atoms with van der Waals surface area (Å²) in [5.41, 5.74) is 0. The first-order valence-electron chi connectivity index (χ1n) is 14.5. The Morgan fingerprint density at radius 1 is 0.421 bits per heavy atom. The lowest BCUT2D eigenvalue weighted by atomic mass is 10.2. The van der Waals surface area contributed by atoms with Crippen LogP contribution in [0.25, 0.3) is 0 Å². The number of allylic oxidation sites excluding steroid dienone is 20. The van der Waals surface area contributed by atoms with Gasteiger partial charge in [-0.3, -0.25) is 4.79 Å². The maximum absolute atomic E-state index is 10.4. The zero-order chi connectivity index (χ0) is 27.6. The largest absolute Gasteiger partial charge is 0.481 e. The van der Waals surface area contributed by atoms with Crippen LogP contribution >= 0.6 is 0 Å². The summed E-state index contributed by atoms with van der Waals surface area (Å²) in [7, 11) is 0. The highest BCUT2D eigenvalue weighted by Crippen LogP contribution is 2.02. The maximum atomic E-state index is 10.4. The van der Waals surface area contributed by atoms with Gasteiger partial charge in [-0.05, 0) is 83.5 Å². The third-order valence-corrected chi connectivity index (χ3v) is 5.36. The lowest BCUT2D eigenvalue weighted by Gasteiger charge is -1.92. The molecule has 0 aromatic heterocycles. The van der Waals surface area contributed by atoms with Crippen LogP contribution in [0.5, 0.6) is 0 Å². The van der Waals surface area contributed by atoms with Crippen molar-refractivity contribution in [2.24, 2.45) is 0 Å². The number of aliphatic carboxylic acids is 1. The molecule has 0 aromatic rings. The third-order valence-electron chi connectivity index (χ3n) is 5.36. The first-order chi connectivity index (χ1) is 18.8. The van der Waals surface area contributed by atoms with Crippen molar-refractivity contribution in [1.82, 2.24) is 0 Å². The Hall–Kier alpha value is -3.13. The number of hydrogen-bond acceptors (Lipinski definition) is 1. The van der Waals surface area contributed by atoms with E-state index in [9.17, 15) is 4.79 Å². The molecule has 0 rings (SSSR count). The first-order valence-corrected chi connectivity index (χ1v) is 14.5. The SMILES string of the molecule is CC/C=C\C/C=C\C/C=C\C/C=C\C/C=C\C/C=C\C/C=C\C/C=C\C/C=C\C/C=C\CCCCC(=O)O. The van der Waals surface area contributed by atoms with Gasteiger partial charge in [0.15, 0.2) is 0 Å². The quantitative estimate of drug-likeness (QED) is 0.102. The number of hydrogen-bond donors (Lipinski definition) is 1. The second-order valence-corrected chi connectivity index (χ2v) is 8.88. The van der Waals surface area contributed by atoms with Crippen LogP contribution < -0.4 is 0 Å². The van der Waals surface area contributed by atoms with Crippen LogP contribution in [0, 0.1) is 0 Å². The smallest absolute Gasteiger partial charge is 0.303 e. The average molecular weight is 517 g/mol. The van der Waals surface area contributed by atoms with Gasteiger partial charge in [0.25, 0.3) is 0 Å². The molecule has 0 saturated heterocycles. The molecular weight excluding hydrogens is 464 g/mol. The van der Waals surface area contributed by atoms with Crippen LogP contribution in [0.15, 0.2) is 122 Å². The highest BCUT2D eigenvalue weighted by molar-refractivity contribution is 5.66. The molecule has 208 valence electrons. The number of carbonyl (C=O) groups is 1. The van der Waals surface area contributed by atoms with E-state index in [4.69, 9.17) is 5.11 Å². The molecule has 2 heteroatoms. The van der Waals surface area contributed by atoms with Crippen molar-refractivity contribution in [2.75, 3.05) is 0 Å². The molecule has 0 unspecified atom stereocenters. The highest BCUT2D eigenvalue weighted by atomic mass is 16.4. The van der Waals surface area contributed by atoms with Crippen LogP contribution in [0.2, 0.25) is 0 Å². The van der Waals surface area contributed by atoms with Crippen LogP contribution in [0.4, 0.5) is 0 Å². The molecular formula is C36H52O2. The number of unbranched alkanes of at least 4 members (excludes halogenated alkanes) is 2. The average Bonchev–Trinajstić information content (AvgIpc) is 2.91. The third kappa shape index (κ3) is 32.9. The van der Waals surface area contributed by atoms with E-state index in [1.54, 1.807) is 0 Å². The fourth-order valence-corrected chi connectivity index (χ4v) is 3.26. The van der Waals surface area contributed by atoms with E-state index in [1.165, 1.54) is 0 Å². The molecule has 1 N–H and O–H groups in total. The van der Waals surface area contributed by atoms with Gasteiger partial charge in [0.1, 0.15) is 0 Å². The fourth-order valence-electron chi connectivity index (χ4n) is 3.26. The minimum atomic E-state index is -0.703. The van der Waals surface area contributed by atoms with Gasteiger partial charge in [-0.2, -0.15) is 0 Å². The Bertz CT molecular complexity index is 825. The number of carboxylic acids is 1. The Labute approximate surface area is 234 Å². The molecule has 0 fully saturated rings. The Kier molecular flexibility index (Phi) is 29.3. The molecule has 0 aliphatic heterocycles. The Morgan fingerprint density at radius 3 is 0.947 bits per heavy atom. The Morgan fingerprint density at radius 2 is 0.684 bits per heavy atom. The van der Waals surface area contributed by atoms with E-state index < -0.39 is 5.97 Å². The summed E-state index contributed by atoms with van der Waals surface area (Å²) in [5.74, 6) is -0.703. The van der Waals surface area contributed by atoms with Gasteiger partial charge in [-0.15, -0.1) is 0 Å². The molecule has 0 heterocycles. The molecule has 38 heavy (non-hydrogen) atoms. The highest BCUT2D eigenvalue weighted by Gasteiger charge is 1.93. The summed E-state index contributed by atoms with van der Waals surface area (Å²) >= 11 is 0. The molecule has 2 nitrogen and oxygen atoms in total. The van der Waals surface area contributed by atoms with E-state index in [0.717, 1.165) is 83.5 Å². The summed E-state index contributed by atoms with van der Waals surface area (Å²) < 4.78 is 0. The fraction of sp³-hybridized carbons (Fsp3) is 0.417. The predicted molar refractivity (Wildman–Crippen MR) is 169 cm³/mol. The lowest BCUT2D eigenvalue weighted by molar-refractivity contribution is -0.137. The van der Waals surface area contributed by atoms with Gasteiger partial charge in [-0.1, -0.05) is 128 Å². The first kappa shape index (κ1) is 34.9. The van der Waals surface area contributed by atoms with Crippen molar-refractivity contribution >= 4 is 5.97 Å². The molecule has 0 radical (unpaired) electrons. The van der Waals surface area contributed by atoms with Crippen LogP contribution in [-0.2, 0) is 4.79 Å². The number of carboxylic acid groups (broad SMARTS) is 1. The zero-order valence-electron chi connectivity index (χ0n) is 23.8. The molecule has 0 saturated carbocycles. The summed E-state index contributed by atoms with van der Waals surface area (Å²) in [4.78, 5) is 10.4. The normalized spacial score (nSPS) is 13.5. The molecule has 0 amide bonds. The van der Waals surface area contributed by atoms with Crippen LogP contribution in [-0.4, -0.2) is 11.1 Å². The van der Waals surface area contributed by atoms with Crippen LogP contribution in [0.3, 0.4) is 0 Å². The molecule has 0 aromatic carbocycles. The lowest BCUT2D eigenvalue weighted by Crippen LogP contribution is -1.92. The van der Waals surface area contributed by atoms with Crippen molar-refractivity contribution < 1.29 is 9.90 Å². The van der Waals surface area contributed by atoms with Crippen molar-refractivity contribution in [3.05, 3.63) is 122 Å². The van der Waals surface area contributed by atoms with E-state index in [2.05, 4.69) is 128 Å². The summed E-state index contributed by atoms with van der Waals surface area (Å²) in [6.07, 6.45) is 57.2. The number of rotatable bonds is 24. The standard InChI is InChI=1S/C36H52O2/c1-2-3-4-5-6-7-8-9-10-11-12-13-14-15-16-17-18-19-20-21-22-23-24-25-26-27-28-29-30-31-32-33-34-35-36(37)38/h3-4,6-7,9-10,12-13,15-16,18-19,21-22,24-25,27-28,30-31H,2,5,8,11,14,17,20,23,26,29,32-35H2,1H3,(H,37,38)/b4-3-,7-6-,10-9-,13-12-,16-15-,19-18-,22-21-,25-24-,28-27-,31-30-. The second kappa shape index (κ2) is 31.9. The van der Waals surface area contributed by atoms with Gasteiger partial charge in [0, 0.05) is 6.42 Å².